The summed E-state index contributed by atoms with van der Waals surface area (Å²) in [7, 11) is 1.57. The largest absolute Gasteiger partial charge is 0.452 e. The summed E-state index contributed by atoms with van der Waals surface area (Å²) in [6, 6.07) is 11.7. The second-order valence-corrected chi connectivity index (χ2v) is 5.64. The van der Waals surface area contributed by atoms with Crippen LogP contribution in [-0.4, -0.2) is 25.6 Å². The average molecular weight is 368 g/mol. The summed E-state index contributed by atoms with van der Waals surface area (Å²) >= 11 is 11.8. The van der Waals surface area contributed by atoms with Gasteiger partial charge in [0.05, 0.1) is 27.9 Å². The van der Waals surface area contributed by atoms with Gasteiger partial charge in [-0.3, -0.25) is 4.79 Å². The fraction of sp³-hybridized carbons (Fsp3) is 0.176. The molecule has 1 amide bonds. The number of benzene rings is 2. The summed E-state index contributed by atoms with van der Waals surface area (Å²) in [6.07, 6.45) is 0. The van der Waals surface area contributed by atoms with E-state index in [2.05, 4.69) is 5.32 Å². The molecule has 0 aliphatic rings. The molecule has 0 spiro atoms. The number of halogens is 2. The number of anilines is 1. The van der Waals surface area contributed by atoms with Crippen LogP contribution in [0.1, 0.15) is 15.9 Å². The van der Waals surface area contributed by atoms with Crippen molar-refractivity contribution in [2.75, 3.05) is 19.0 Å². The quantitative estimate of drug-likeness (QED) is 0.785. The lowest BCUT2D eigenvalue weighted by Gasteiger charge is -2.09. The van der Waals surface area contributed by atoms with Crippen molar-refractivity contribution in [1.82, 2.24) is 0 Å². The summed E-state index contributed by atoms with van der Waals surface area (Å²) in [4.78, 5) is 23.9. The van der Waals surface area contributed by atoms with Crippen molar-refractivity contribution in [2.24, 2.45) is 0 Å². The number of esters is 1. The molecule has 126 valence electrons. The first-order valence-corrected chi connectivity index (χ1v) is 7.75. The molecule has 0 aliphatic heterocycles. The molecular formula is C17H15Cl2NO4. The first-order valence-electron chi connectivity index (χ1n) is 7.00. The fourth-order valence-electron chi connectivity index (χ4n) is 1.96. The van der Waals surface area contributed by atoms with E-state index in [1.165, 1.54) is 0 Å². The molecule has 0 radical (unpaired) electrons. The van der Waals surface area contributed by atoms with Crippen molar-refractivity contribution >= 4 is 40.8 Å². The monoisotopic (exact) mass is 367 g/mol. The summed E-state index contributed by atoms with van der Waals surface area (Å²) in [5.74, 6) is -1.11. The van der Waals surface area contributed by atoms with Gasteiger partial charge in [-0.25, -0.2) is 4.79 Å². The lowest BCUT2D eigenvalue weighted by atomic mass is 10.1. The predicted octanol–water partition coefficient (Wildman–Crippen LogP) is 3.94. The van der Waals surface area contributed by atoms with Crippen LogP contribution in [0.25, 0.3) is 0 Å². The molecule has 1 N–H and O–H groups in total. The number of rotatable bonds is 6. The Balaban J connectivity index is 1.92. The third-order valence-corrected chi connectivity index (χ3v) is 3.85. The van der Waals surface area contributed by atoms with E-state index in [-0.39, 0.29) is 5.02 Å². The normalized spacial score (nSPS) is 10.3. The zero-order valence-corrected chi connectivity index (χ0v) is 14.4. The number of nitrogens with one attached hydrogen (secondary N) is 1. The highest BCUT2D eigenvalue weighted by Crippen LogP contribution is 2.29. The Morgan fingerprint density at radius 2 is 1.88 bits per heavy atom. The first kappa shape index (κ1) is 18.3. The van der Waals surface area contributed by atoms with Crippen molar-refractivity contribution in [2.45, 2.75) is 6.61 Å². The fourth-order valence-corrected chi connectivity index (χ4v) is 2.30. The van der Waals surface area contributed by atoms with E-state index in [1.807, 2.05) is 6.07 Å². The molecule has 0 unspecified atom stereocenters. The Hall–Kier alpha value is -2.08. The van der Waals surface area contributed by atoms with E-state index in [0.717, 1.165) is 5.56 Å². The molecular weight excluding hydrogens is 353 g/mol. The van der Waals surface area contributed by atoms with Crippen LogP contribution < -0.4 is 5.32 Å². The smallest absolute Gasteiger partial charge is 0.338 e. The Kier molecular flexibility index (Phi) is 6.61. The van der Waals surface area contributed by atoms with Gasteiger partial charge in [0.15, 0.2) is 6.61 Å². The van der Waals surface area contributed by atoms with Crippen LogP contribution in [0, 0.1) is 0 Å². The third kappa shape index (κ3) is 4.96. The summed E-state index contributed by atoms with van der Waals surface area (Å²) in [6.45, 7) is -0.0505. The molecule has 2 aromatic rings. The van der Waals surface area contributed by atoms with Crippen molar-refractivity contribution in [3.8, 4) is 0 Å². The maximum Gasteiger partial charge on any atom is 0.338 e. The second kappa shape index (κ2) is 8.68. The van der Waals surface area contributed by atoms with Gasteiger partial charge in [-0.2, -0.15) is 0 Å². The molecule has 0 bridgehead atoms. The van der Waals surface area contributed by atoms with Crippen LogP contribution in [0.15, 0.2) is 42.5 Å². The number of hydrogen-bond donors (Lipinski definition) is 1. The van der Waals surface area contributed by atoms with Crippen molar-refractivity contribution < 1.29 is 19.1 Å². The molecule has 24 heavy (non-hydrogen) atoms. The molecule has 0 heterocycles. The lowest BCUT2D eigenvalue weighted by Crippen LogP contribution is -2.21. The van der Waals surface area contributed by atoms with Crippen LogP contribution in [0.5, 0.6) is 0 Å². The summed E-state index contributed by atoms with van der Waals surface area (Å²) < 4.78 is 10.0. The molecule has 2 rings (SSSR count). The Bertz CT molecular complexity index is 749. The van der Waals surface area contributed by atoms with Crippen molar-refractivity contribution in [1.29, 1.82) is 0 Å². The number of ether oxygens (including phenoxy) is 2. The molecule has 2 aromatic carbocycles. The van der Waals surface area contributed by atoms with Crippen LogP contribution in [-0.2, 0) is 20.9 Å². The van der Waals surface area contributed by atoms with Gasteiger partial charge in [0, 0.05) is 7.11 Å². The number of carbonyl (C=O) groups excluding carboxylic acids is 2. The van der Waals surface area contributed by atoms with Crippen molar-refractivity contribution in [3.63, 3.8) is 0 Å². The number of methoxy groups -OCH3 is 1. The Labute approximate surface area is 149 Å². The third-order valence-electron chi connectivity index (χ3n) is 3.03. The van der Waals surface area contributed by atoms with Gasteiger partial charge in [0.1, 0.15) is 0 Å². The van der Waals surface area contributed by atoms with Crippen LogP contribution in [0.3, 0.4) is 0 Å². The van der Waals surface area contributed by atoms with Gasteiger partial charge >= 0.3 is 5.97 Å². The van der Waals surface area contributed by atoms with E-state index < -0.39 is 18.5 Å². The standard InChI is InChI=1S/C17H15Cl2NO4/c1-23-9-11-4-2-5-12(8-11)17(22)24-10-15(21)20-14-7-3-6-13(18)16(14)19/h2-8H,9-10H2,1H3,(H,20,21). The van der Waals surface area contributed by atoms with Crippen LogP contribution in [0.4, 0.5) is 5.69 Å². The van der Waals surface area contributed by atoms with Gasteiger partial charge in [0.2, 0.25) is 0 Å². The zero-order chi connectivity index (χ0) is 17.5. The van der Waals surface area contributed by atoms with Gasteiger partial charge in [-0.15, -0.1) is 0 Å². The molecule has 5 nitrogen and oxygen atoms in total. The number of carbonyl (C=O) groups is 2. The van der Waals surface area contributed by atoms with E-state index >= 15 is 0 Å². The van der Waals surface area contributed by atoms with E-state index in [4.69, 9.17) is 32.7 Å². The van der Waals surface area contributed by atoms with Gasteiger partial charge in [0.25, 0.3) is 5.91 Å². The van der Waals surface area contributed by atoms with E-state index in [1.54, 1.807) is 43.5 Å². The lowest BCUT2D eigenvalue weighted by molar-refractivity contribution is -0.119. The SMILES string of the molecule is COCc1cccc(C(=O)OCC(=O)Nc2cccc(Cl)c2Cl)c1. The summed E-state index contributed by atoms with van der Waals surface area (Å²) in [5, 5.41) is 3.09. The minimum atomic E-state index is -0.597. The van der Waals surface area contributed by atoms with E-state index in [9.17, 15) is 9.59 Å². The predicted molar refractivity (Wildman–Crippen MR) is 92.5 cm³/mol. The molecule has 0 saturated heterocycles. The maximum atomic E-state index is 12.0. The average Bonchev–Trinajstić information content (AvgIpc) is 2.57. The molecule has 0 saturated carbocycles. The molecule has 0 fully saturated rings. The Morgan fingerprint density at radius 3 is 2.62 bits per heavy atom. The number of amides is 1. The highest BCUT2D eigenvalue weighted by atomic mass is 35.5. The maximum absolute atomic E-state index is 12.0. The Morgan fingerprint density at radius 1 is 1.12 bits per heavy atom. The molecule has 7 heteroatoms. The van der Waals surface area contributed by atoms with Gasteiger partial charge < -0.3 is 14.8 Å². The van der Waals surface area contributed by atoms with Crippen molar-refractivity contribution in [3.05, 3.63) is 63.6 Å². The number of hydrogen-bond acceptors (Lipinski definition) is 4. The minimum absolute atomic E-state index is 0.228. The molecule has 0 aliphatic carbocycles. The first-order chi connectivity index (χ1) is 11.5. The van der Waals surface area contributed by atoms with E-state index in [0.29, 0.717) is 22.9 Å². The topological polar surface area (TPSA) is 64.6 Å². The van der Waals surface area contributed by atoms with Gasteiger partial charge in [-0.1, -0.05) is 41.4 Å². The zero-order valence-electron chi connectivity index (χ0n) is 12.8. The van der Waals surface area contributed by atoms with Crippen LogP contribution in [0.2, 0.25) is 10.0 Å². The molecule has 0 aromatic heterocycles. The van der Waals surface area contributed by atoms with Crippen LogP contribution >= 0.6 is 23.2 Å². The summed E-state index contributed by atoms with van der Waals surface area (Å²) in [5.41, 5.74) is 1.53. The minimum Gasteiger partial charge on any atom is -0.452 e. The highest BCUT2D eigenvalue weighted by molar-refractivity contribution is 6.44. The highest BCUT2D eigenvalue weighted by Gasteiger charge is 2.12. The molecule has 0 atom stereocenters. The second-order valence-electron chi connectivity index (χ2n) is 4.86. The van der Waals surface area contributed by atoms with Gasteiger partial charge in [-0.05, 0) is 29.8 Å².